The minimum absolute atomic E-state index is 0.156. The number of hydrogen-bond donors (Lipinski definition) is 0. The Kier molecular flexibility index (Phi) is 5.77. The second-order valence-electron chi connectivity index (χ2n) is 3.85. The van der Waals surface area contributed by atoms with Crippen LogP contribution in [0.5, 0.6) is 0 Å². The van der Waals surface area contributed by atoms with Crippen LogP contribution in [-0.4, -0.2) is 16.8 Å². The van der Waals surface area contributed by atoms with E-state index in [2.05, 4.69) is 25.7 Å². The fraction of sp³-hybridized carbons (Fsp3) is 0.615. The Morgan fingerprint density at radius 3 is 3.07 bits per heavy atom. The van der Waals surface area contributed by atoms with Crippen LogP contribution in [0.2, 0.25) is 0 Å². The average molecular weight is 224 g/mol. The average Bonchev–Trinajstić information content (AvgIpc) is 2.22. The molecule has 0 spiro atoms. The zero-order valence-electron chi connectivity index (χ0n) is 9.45. The molecule has 1 aliphatic carbocycles. The molecule has 2 heteroatoms. The summed E-state index contributed by atoms with van der Waals surface area (Å²) in [5.41, 5.74) is 0. The smallest absolute Gasteiger partial charge is 0.159 e. The van der Waals surface area contributed by atoms with Crippen LogP contribution in [0, 0.1) is 5.92 Å². The van der Waals surface area contributed by atoms with E-state index in [1.165, 1.54) is 12.5 Å². The van der Waals surface area contributed by atoms with E-state index in [1.807, 2.05) is 11.8 Å². The Labute approximate surface area is 97.0 Å². The van der Waals surface area contributed by atoms with Gasteiger partial charge in [-0.1, -0.05) is 32.1 Å². The predicted molar refractivity (Wildman–Crippen MR) is 68.2 cm³/mol. The van der Waals surface area contributed by atoms with Gasteiger partial charge in [0, 0.05) is 11.2 Å². The third-order valence-corrected chi connectivity index (χ3v) is 3.99. The lowest BCUT2D eigenvalue weighted by atomic mass is 9.91. The van der Waals surface area contributed by atoms with Gasteiger partial charge in [0.1, 0.15) is 0 Å². The Bertz CT molecular complexity index is 245. The van der Waals surface area contributed by atoms with Crippen molar-refractivity contribution in [2.45, 2.75) is 37.9 Å². The van der Waals surface area contributed by atoms with Crippen molar-refractivity contribution >= 4 is 17.5 Å². The minimum Gasteiger partial charge on any atom is -0.295 e. The summed E-state index contributed by atoms with van der Waals surface area (Å²) in [6, 6.07) is 0. The summed E-state index contributed by atoms with van der Waals surface area (Å²) in [7, 11) is 0. The van der Waals surface area contributed by atoms with Crippen molar-refractivity contribution in [2.24, 2.45) is 5.92 Å². The molecule has 0 amide bonds. The number of thioether (sulfide) groups is 1. The highest BCUT2D eigenvalue weighted by molar-refractivity contribution is 8.00. The lowest BCUT2D eigenvalue weighted by molar-refractivity contribution is -0.118. The maximum atomic E-state index is 11.8. The molecule has 0 radical (unpaired) electrons. The monoisotopic (exact) mass is 224 g/mol. The topological polar surface area (TPSA) is 17.1 Å². The molecular weight excluding hydrogens is 204 g/mol. The summed E-state index contributed by atoms with van der Waals surface area (Å²) in [6.07, 6.45) is 10.5. The highest BCUT2D eigenvalue weighted by Gasteiger charge is 2.24. The normalized spacial score (nSPS) is 28.9. The summed E-state index contributed by atoms with van der Waals surface area (Å²) in [4.78, 5) is 11.8. The Balaban J connectivity index is 2.74. The molecule has 0 aromatic carbocycles. The van der Waals surface area contributed by atoms with Crippen LogP contribution in [0.15, 0.2) is 24.8 Å². The first-order valence-corrected chi connectivity index (χ1v) is 6.79. The second kappa shape index (κ2) is 6.89. The van der Waals surface area contributed by atoms with E-state index in [-0.39, 0.29) is 11.7 Å². The van der Waals surface area contributed by atoms with Gasteiger partial charge in [-0.05, 0) is 31.1 Å². The summed E-state index contributed by atoms with van der Waals surface area (Å²) in [5, 5.41) is 0.362. The first-order chi connectivity index (χ1) is 7.29. The fourth-order valence-electron chi connectivity index (χ4n) is 1.97. The number of carbonyl (C=O) groups is 1. The summed E-state index contributed by atoms with van der Waals surface area (Å²) in [6.45, 7) is 5.75. The van der Waals surface area contributed by atoms with Crippen LogP contribution in [0.1, 0.15) is 32.6 Å². The van der Waals surface area contributed by atoms with E-state index in [0.29, 0.717) is 5.25 Å². The van der Waals surface area contributed by atoms with Crippen LogP contribution in [0.3, 0.4) is 0 Å². The molecule has 0 heterocycles. The summed E-state index contributed by atoms with van der Waals surface area (Å²) < 4.78 is 0. The van der Waals surface area contributed by atoms with E-state index in [9.17, 15) is 4.79 Å². The van der Waals surface area contributed by atoms with Gasteiger partial charge in [0.05, 0.1) is 0 Å². The van der Waals surface area contributed by atoms with Gasteiger partial charge in [0.25, 0.3) is 0 Å². The zero-order chi connectivity index (χ0) is 11.1. The molecule has 1 nitrogen and oxygen atoms in total. The summed E-state index contributed by atoms with van der Waals surface area (Å²) in [5.74, 6) is 1.44. The maximum Gasteiger partial charge on any atom is 0.159 e. The van der Waals surface area contributed by atoms with E-state index < -0.39 is 0 Å². The molecule has 0 aromatic heterocycles. The van der Waals surface area contributed by atoms with Crippen molar-refractivity contribution in [3.63, 3.8) is 0 Å². The standard InChI is InChI=1S/C13H20OS/c1-3-12(14)11-9-7-5-6-8-10-13(11)15-4-2/h3,8,10-11,13H,1,4-7,9H2,2H3/b10-8-. The fourth-order valence-corrected chi connectivity index (χ4v) is 3.08. The van der Waals surface area contributed by atoms with E-state index in [0.717, 1.165) is 25.0 Å². The number of hydrogen-bond acceptors (Lipinski definition) is 2. The SMILES string of the molecule is C=CC(=O)C1CCCC/C=C\C1SCC. The highest BCUT2D eigenvalue weighted by Crippen LogP contribution is 2.28. The van der Waals surface area contributed by atoms with Gasteiger partial charge >= 0.3 is 0 Å². The maximum absolute atomic E-state index is 11.8. The molecule has 0 saturated carbocycles. The van der Waals surface area contributed by atoms with Crippen LogP contribution in [0.25, 0.3) is 0 Å². The van der Waals surface area contributed by atoms with Gasteiger partial charge in [-0.15, -0.1) is 0 Å². The zero-order valence-corrected chi connectivity index (χ0v) is 10.3. The van der Waals surface area contributed by atoms with Gasteiger partial charge < -0.3 is 0 Å². The number of carbonyl (C=O) groups excluding carboxylic acids is 1. The third-order valence-electron chi connectivity index (χ3n) is 2.78. The van der Waals surface area contributed by atoms with Crippen molar-refractivity contribution in [3.8, 4) is 0 Å². The molecule has 0 fully saturated rings. The van der Waals surface area contributed by atoms with Gasteiger partial charge in [0.15, 0.2) is 5.78 Å². The Morgan fingerprint density at radius 2 is 2.40 bits per heavy atom. The summed E-state index contributed by atoms with van der Waals surface area (Å²) >= 11 is 1.87. The second-order valence-corrected chi connectivity index (χ2v) is 5.30. The minimum atomic E-state index is 0.156. The Hall–Kier alpha value is -0.500. The van der Waals surface area contributed by atoms with E-state index >= 15 is 0 Å². The molecule has 15 heavy (non-hydrogen) atoms. The predicted octanol–water partition coefficient (Wildman–Crippen LogP) is 3.61. The van der Waals surface area contributed by atoms with E-state index in [1.54, 1.807) is 0 Å². The van der Waals surface area contributed by atoms with Gasteiger partial charge in [-0.3, -0.25) is 4.79 Å². The largest absolute Gasteiger partial charge is 0.295 e. The lowest BCUT2D eigenvalue weighted by Crippen LogP contribution is -2.24. The first kappa shape index (κ1) is 12.6. The highest BCUT2D eigenvalue weighted by atomic mass is 32.2. The number of ketones is 1. The van der Waals surface area contributed by atoms with Crippen molar-refractivity contribution in [2.75, 3.05) is 5.75 Å². The molecule has 2 atom stereocenters. The van der Waals surface area contributed by atoms with Crippen LogP contribution in [0.4, 0.5) is 0 Å². The first-order valence-electron chi connectivity index (χ1n) is 5.74. The van der Waals surface area contributed by atoms with Crippen molar-refractivity contribution < 1.29 is 4.79 Å². The van der Waals surface area contributed by atoms with Crippen LogP contribution < -0.4 is 0 Å². The molecule has 1 aliphatic rings. The number of allylic oxidation sites excluding steroid dienone is 2. The number of rotatable bonds is 4. The molecule has 2 unspecified atom stereocenters. The molecule has 0 aliphatic heterocycles. The van der Waals surface area contributed by atoms with Crippen molar-refractivity contribution in [1.82, 2.24) is 0 Å². The van der Waals surface area contributed by atoms with Crippen molar-refractivity contribution in [1.29, 1.82) is 0 Å². The molecule has 1 rings (SSSR count). The quantitative estimate of drug-likeness (QED) is 0.536. The molecule has 0 bridgehead atoms. The van der Waals surface area contributed by atoms with Crippen LogP contribution >= 0.6 is 11.8 Å². The molecule has 0 aromatic rings. The molecular formula is C13H20OS. The molecule has 0 N–H and O–H groups in total. The lowest BCUT2D eigenvalue weighted by Gasteiger charge is -2.23. The third kappa shape index (κ3) is 3.86. The molecule has 84 valence electrons. The molecule has 0 saturated heterocycles. The van der Waals surface area contributed by atoms with Gasteiger partial charge in [-0.25, -0.2) is 0 Å². The van der Waals surface area contributed by atoms with Gasteiger partial charge in [0.2, 0.25) is 0 Å². The van der Waals surface area contributed by atoms with Crippen LogP contribution in [-0.2, 0) is 4.79 Å². The Morgan fingerprint density at radius 1 is 1.60 bits per heavy atom. The van der Waals surface area contributed by atoms with Crippen molar-refractivity contribution in [3.05, 3.63) is 24.8 Å². The van der Waals surface area contributed by atoms with Gasteiger partial charge in [-0.2, -0.15) is 11.8 Å². The van der Waals surface area contributed by atoms with E-state index in [4.69, 9.17) is 0 Å².